The van der Waals surface area contributed by atoms with E-state index in [0.29, 0.717) is 17.4 Å². The van der Waals surface area contributed by atoms with Gasteiger partial charge in [-0.1, -0.05) is 0 Å². The Kier molecular flexibility index (Phi) is 5.59. The standard InChI is InChI=1S/C20H22N4O5S.ClH/c25-19-18-17(15(9-22-18)20(26)27)14-8-13(5-6-16(14)23-19)30(28,29)24(12-3-4-12)10-11-2-1-7-21-11;/h5-6,8-9,11-12,21-22H,1-4,7,10H2,(H,23,25)(H,26,27);1H. The molecule has 5 rings (SSSR count). The fourth-order valence-corrected chi connectivity index (χ4v) is 6.06. The second-order valence-electron chi connectivity index (χ2n) is 8.02. The van der Waals surface area contributed by atoms with Crippen molar-refractivity contribution in [1.82, 2.24) is 19.6 Å². The van der Waals surface area contributed by atoms with Gasteiger partial charge in [0, 0.05) is 41.1 Å². The average Bonchev–Trinajstić information content (AvgIpc) is 3.22. The molecule has 4 N–H and O–H groups in total. The highest BCUT2D eigenvalue weighted by Gasteiger charge is 2.39. The monoisotopic (exact) mass is 466 g/mol. The van der Waals surface area contributed by atoms with Crippen LogP contribution in [0.15, 0.2) is 34.1 Å². The lowest BCUT2D eigenvalue weighted by Crippen LogP contribution is -2.42. The summed E-state index contributed by atoms with van der Waals surface area (Å²) in [6.07, 6.45) is 4.93. The first-order valence-electron chi connectivity index (χ1n) is 10.0. The predicted octanol–water partition coefficient (Wildman–Crippen LogP) is 2.03. The van der Waals surface area contributed by atoms with E-state index in [1.54, 1.807) is 4.31 Å². The normalized spacial score (nSPS) is 19.2. The second-order valence-corrected chi connectivity index (χ2v) is 9.91. The third kappa shape index (κ3) is 3.73. The zero-order chi connectivity index (χ0) is 21.0. The molecule has 1 saturated carbocycles. The Labute approximate surface area is 184 Å². The quantitative estimate of drug-likeness (QED) is 0.439. The maximum absolute atomic E-state index is 13.5. The van der Waals surface area contributed by atoms with Crippen LogP contribution in [0.1, 0.15) is 36.0 Å². The molecule has 0 bridgehead atoms. The van der Waals surface area contributed by atoms with Gasteiger partial charge in [0.2, 0.25) is 10.0 Å². The van der Waals surface area contributed by atoms with Crippen molar-refractivity contribution in [2.45, 2.75) is 42.7 Å². The molecule has 31 heavy (non-hydrogen) atoms. The van der Waals surface area contributed by atoms with E-state index in [-0.39, 0.29) is 45.9 Å². The smallest absolute Gasteiger partial charge is 0.337 e. The molecule has 1 atom stereocenters. The fourth-order valence-electron chi connectivity index (χ4n) is 4.31. The Balaban J connectivity index is 0.00000231. The van der Waals surface area contributed by atoms with Crippen LogP contribution in [0.5, 0.6) is 0 Å². The molecule has 166 valence electrons. The molecule has 1 saturated heterocycles. The van der Waals surface area contributed by atoms with Gasteiger partial charge in [0.05, 0.1) is 10.5 Å². The molecular formula is C20H23ClN4O5S. The molecule has 2 aliphatic rings. The van der Waals surface area contributed by atoms with E-state index in [9.17, 15) is 23.1 Å². The lowest BCUT2D eigenvalue weighted by molar-refractivity contribution is 0.0699. The van der Waals surface area contributed by atoms with E-state index < -0.39 is 21.6 Å². The number of hydrogen-bond donors (Lipinski definition) is 4. The molecule has 9 nitrogen and oxygen atoms in total. The van der Waals surface area contributed by atoms with Crippen LogP contribution in [-0.2, 0) is 10.0 Å². The molecule has 3 heterocycles. The molecule has 2 fully saturated rings. The van der Waals surface area contributed by atoms with Gasteiger partial charge in [-0.15, -0.1) is 12.4 Å². The molecular weight excluding hydrogens is 444 g/mol. The number of rotatable bonds is 6. The van der Waals surface area contributed by atoms with Crippen LogP contribution < -0.4 is 10.9 Å². The van der Waals surface area contributed by atoms with Crippen LogP contribution in [0.25, 0.3) is 21.8 Å². The van der Waals surface area contributed by atoms with E-state index in [0.717, 1.165) is 32.2 Å². The number of benzene rings is 1. The molecule has 1 aliphatic carbocycles. The highest BCUT2D eigenvalue weighted by atomic mass is 35.5. The number of aromatic carboxylic acids is 1. The molecule has 0 spiro atoms. The van der Waals surface area contributed by atoms with Crippen LogP contribution >= 0.6 is 12.4 Å². The van der Waals surface area contributed by atoms with Gasteiger partial charge >= 0.3 is 5.97 Å². The lowest BCUT2D eigenvalue weighted by Gasteiger charge is -2.25. The zero-order valence-electron chi connectivity index (χ0n) is 16.6. The number of halogens is 1. The van der Waals surface area contributed by atoms with Gasteiger partial charge in [-0.2, -0.15) is 4.31 Å². The van der Waals surface area contributed by atoms with E-state index in [1.165, 1.54) is 24.4 Å². The predicted molar refractivity (Wildman–Crippen MR) is 119 cm³/mol. The summed E-state index contributed by atoms with van der Waals surface area (Å²) in [5.74, 6) is -1.19. The molecule has 1 aliphatic heterocycles. The van der Waals surface area contributed by atoms with Crippen LogP contribution in [0.4, 0.5) is 0 Å². The first-order chi connectivity index (χ1) is 14.4. The Morgan fingerprint density at radius 3 is 2.65 bits per heavy atom. The van der Waals surface area contributed by atoms with Gasteiger partial charge in [-0.3, -0.25) is 4.79 Å². The summed E-state index contributed by atoms with van der Waals surface area (Å²) in [6.45, 7) is 1.33. The number of carbonyl (C=O) groups is 1. The Morgan fingerprint density at radius 1 is 1.23 bits per heavy atom. The van der Waals surface area contributed by atoms with Crippen LogP contribution in [-0.4, -0.2) is 58.9 Å². The van der Waals surface area contributed by atoms with E-state index in [1.807, 2.05) is 0 Å². The minimum absolute atomic E-state index is 0. The number of aromatic amines is 2. The van der Waals surface area contributed by atoms with Crippen LogP contribution in [0.2, 0.25) is 0 Å². The third-order valence-electron chi connectivity index (χ3n) is 5.97. The second kappa shape index (κ2) is 7.94. The molecule has 0 amide bonds. The molecule has 11 heteroatoms. The van der Waals surface area contributed by atoms with E-state index in [2.05, 4.69) is 15.3 Å². The Morgan fingerprint density at radius 2 is 2.00 bits per heavy atom. The van der Waals surface area contributed by atoms with Crippen molar-refractivity contribution in [3.05, 3.63) is 40.3 Å². The lowest BCUT2D eigenvalue weighted by atomic mass is 10.1. The molecule has 2 aromatic heterocycles. The van der Waals surface area contributed by atoms with Gasteiger partial charge < -0.3 is 20.4 Å². The fraction of sp³-hybridized carbons (Fsp3) is 0.400. The van der Waals surface area contributed by atoms with Crippen molar-refractivity contribution in [3.63, 3.8) is 0 Å². The van der Waals surface area contributed by atoms with Crippen molar-refractivity contribution in [3.8, 4) is 0 Å². The van der Waals surface area contributed by atoms with Crippen molar-refractivity contribution in [2.75, 3.05) is 13.1 Å². The number of pyridine rings is 1. The summed E-state index contributed by atoms with van der Waals surface area (Å²) >= 11 is 0. The first-order valence-corrected chi connectivity index (χ1v) is 11.5. The SMILES string of the molecule is Cl.O=C(O)c1c[nH]c2c(=O)[nH]c3ccc(S(=O)(=O)N(CC4CCCN4)C4CC4)cc3c12. The Bertz CT molecular complexity index is 1320. The highest BCUT2D eigenvalue weighted by Crippen LogP contribution is 2.34. The summed E-state index contributed by atoms with van der Waals surface area (Å²) in [4.78, 5) is 29.4. The molecule has 1 aromatic carbocycles. The van der Waals surface area contributed by atoms with Gasteiger partial charge in [0.25, 0.3) is 5.56 Å². The minimum atomic E-state index is -3.77. The summed E-state index contributed by atoms with van der Waals surface area (Å²) in [6, 6.07) is 4.63. The molecule has 3 aromatic rings. The Hall–Kier alpha value is -2.40. The average molecular weight is 467 g/mol. The summed E-state index contributed by atoms with van der Waals surface area (Å²) in [5, 5.41) is 13.5. The van der Waals surface area contributed by atoms with E-state index >= 15 is 0 Å². The van der Waals surface area contributed by atoms with Crippen LogP contribution in [0.3, 0.4) is 0 Å². The van der Waals surface area contributed by atoms with Gasteiger partial charge in [-0.25, -0.2) is 13.2 Å². The van der Waals surface area contributed by atoms with Crippen molar-refractivity contribution in [1.29, 1.82) is 0 Å². The molecule has 1 unspecified atom stereocenters. The number of sulfonamides is 1. The number of H-pyrrole nitrogens is 2. The van der Waals surface area contributed by atoms with Gasteiger partial charge in [0.1, 0.15) is 5.52 Å². The third-order valence-corrected chi connectivity index (χ3v) is 7.88. The topological polar surface area (TPSA) is 135 Å². The summed E-state index contributed by atoms with van der Waals surface area (Å²) < 4.78 is 28.6. The zero-order valence-corrected chi connectivity index (χ0v) is 18.2. The summed E-state index contributed by atoms with van der Waals surface area (Å²) in [7, 11) is -3.77. The minimum Gasteiger partial charge on any atom is -0.478 e. The number of carboxylic acids is 1. The molecule has 0 radical (unpaired) electrons. The van der Waals surface area contributed by atoms with Gasteiger partial charge in [-0.05, 0) is 50.4 Å². The number of aromatic nitrogens is 2. The number of carboxylic acid groups (broad SMARTS) is 1. The number of hydrogen-bond acceptors (Lipinski definition) is 5. The van der Waals surface area contributed by atoms with Crippen molar-refractivity contribution >= 4 is 50.2 Å². The van der Waals surface area contributed by atoms with Gasteiger partial charge in [0.15, 0.2) is 0 Å². The number of fused-ring (bicyclic) bond motifs is 3. The number of nitrogens with one attached hydrogen (secondary N) is 3. The summed E-state index contributed by atoms with van der Waals surface area (Å²) in [5.41, 5.74) is -0.00925. The maximum atomic E-state index is 13.5. The maximum Gasteiger partial charge on any atom is 0.337 e. The highest BCUT2D eigenvalue weighted by molar-refractivity contribution is 7.89. The number of nitrogens with zero attached hydrogens (tertiary/aromatic N) is 1. The largest absolute Gasteiger partial charge is 0.478 e. The van der Waals surface area contributed by atoms with Crippen molar-refractivity contribution in [2.24, 2.45) is 0 Å². The van der Waals surface area contributed by atoms with E-state index in [4.69, 9.17) is 0 Å². The van der Waals surface area contributed by atoms with Crippen LogP contribution in [0, 0.1) is 0 Å². The van der Waals surface area contributed by atoms with Crippen molar-refractivity contribution < 1.29 is 18.3 Å². The first kappa shape index (κ1) is 21.8.